The van der Waals surface area contributed by atoms with Crippen LogP contribution >= 0.6 is 0 Å². The molecule has 0 aromatic carbocycles. The number of hydrogen-bond donors (Lipinski definition) is 4. The lowest BCUT2D eigenvalue weighted by molar-refractivity contribution is -0.350. The average Bonchev–Trinajstić information content (AvgIpc) is 1.87. The van der Waals surface area contributed by atoms with E-state index < -0.39 is 12.1 Å². The zero-order chi connectivity index (χ0) is 8.91. The highest BCUT2D eigenvalue weighted by molar-refractivity contribution is 5.98. The minimum absolute atomic E-state index is 0.349. The van der Waals surface area contributed by atoms with Crippen LogP contribution < -0.4 is 5.73 Å². The Hall–Kier alpha value is 0.0169. The van der Waals surface area contributed by atoms with Gasteiger partial charge in [0.2, 0.25) is 0 Å². The van der Waals surface area contributed by atoms with E-state index in [9.17, 15) is 0 Å². The Bertz CT molecular complexity index is 105. The summed E-state index contributed by atoms with van der Waals surface area (Å²) in [4.78, 5) is 0. The van der Waals surface area contributed by atoms with Crippen molar-refractivity contribution in [1.29, 1.82) is 0 Å². The highest BCUT2D eigenvalue weighted by Crippen LogP contribution is 2.11. The minimum atomic E-state index is -2.73. The topological polar surface area (TPSA) is 95.9 Å². The molecular weight excluding hydrogens is 166 g/mol. The fourth-order valence-corrected chi connectivity index (χ4v) is 1.32. The molecule has 0 aliphatic heterocycles. The first-order valence-corrected chi connectivity index (χ1v) is 4.24. The molecule has 0 aromatic rings. The molecule has 0 heterocycles. The molecule has 0 bridgehead atoms. The molecule has 6 heteroatoms. The van der Waals surface area contributed by atoms with Crippen molar-refractivity contribution in [2.75, 3.05) is 6.54 Å². The molecule has 5 N–H and O–H groups in total. The molecule has 0 amide bonds. The molecule has 0 rings (SSSR count). The fourth-order valence-electron chi connectivity index (χ4n) is 0.773. The molecular formula is C5H15NO4Si. The molecule has 0 saturated heterocycles. The number of hydrogen-bond acceptors (Lipinski definition) is 5. The summed E-state index contributed by atoms with van der Waals surface area (Å²) in [5.41, 5.74) is 5.19. The molecule has 0 saturated carbocycles. The van der Waals surface area contributed by atoms with E-state index in [0.717, 1.165) is 0 Å². The van der Waals surface area contributed by atoms with Crippen molar-refractivity contribution >= 4 is 10.5 Å². The van der Waals surface area contributed by atoms with Crippen LogP contribution in [0.5, 0.6) is 0 Å². The molecule has 0 aromatic heterocycles. The van der Waals surface area contributed by atoms with E-state index in [1.165, 1.54) is 0 Å². The standard InChI is InChI=1S/C5H15NO4Si/c6-3-1-2-4(10-11)5(7,8)9/h4,7-9H,1-3,6H2,11H3. The second-order valence-electron chi connectivity index (χ2n) is 2.34. The van der Waals surface area contributed by atoms with E-state index >= 15 is 0 Å². The van der Waals surface area contributed by atoms with Crippen LogP contribution in [0.15, 0.2) is 0 Å². The monoisotopic (exact) mass is 181 g/mol. The van der Waals surface area contributed by atoms with E-state index in [-0.39, 0.29) is 0 Å². The molecule has 0 aliphatic rings. The van der Waals surface area contributed by atoms with Crippen LogP contribution in [0.1, 0.15) is 12.8 Å². The molecule has 1 unspecified atom stereocenters. The molecule has 1 atom stereocenters. The molecule has 0 radical (unpaired) electrons. The molecule has 5 nitrogen and oxygen atoms in total. The second-order valence-corrected chi connectivity index (χ2v) is 2.81. The lowest BCUT2D eigenvalue weighted by Gasteiger charge is -2.24. The van der Waals surface area contributed by atoms with Gasteiger partial charge in [-0.15, -0.1) is 0 Å². The summed E-state index contributed by atoms with van der Waals surface area (Å²) in [5.74, 6) is -2.73. The van der Waals surface area contributed by atoms with Gasteiger partial charge in [0.25, 0.3) is 0 Å². The van der Waals surface area contributed by atoms with Crippen LogP contribution in [0.25, 0.3) is 0 Å². The maximum absolute atomic E-state index is 8.67. The van der Waals surface area contributed by atoms with Crippen LogP contribution in [0, 0.1) is 0 Å². The third kappa shape index (κ3) is 4.46. The quantitative estimate of drug-likeness (QED) is 0.268. The molecule has 0 fully saturated rings. The Labute approximate surface area is 68.3 Å². The zero-order valence-electron chi connectivity index (χ0n) is 6.53. The summed E-state index contributed by atoms with van der Waals surface area (Å²) in [6, 6.07) is 0. The summed E-state index contributed by atoms with van der Waals surface area (Å²) >= 11 is 0. The maximum atomic E-state index is 8.67. The van der Waals surface area contributed by atoms with Gasteiger partial charge in [-0.05, 0) is 19.4 Å². The van der Waals surface area contributed by atoms with E-state index in [0.29, 0.717) is 29.9 Å². The highest BCUT2D eigenvalue weighted by atomic mass is 28.2. The van der Waals surface area contributed by atoms with E-state index in [2.05, 4.69) is 0 Å². The summed E-state index contributed by atoms with van der Waals surface area (Å²) in [6.45, 7) is 0.442. The fraction of sp³-hybridized carbons (Fsp3) is 1.00. The first kappa shape index (κ1) is 11.0. The van der Waals surface area contributed by atoms with E-state index in [4.69, 9.17) is 25.5 Å². The van der Waals surface area contributed by atoms with Gasteiger partial charge < -0.3 is 25.5 Å². The van der Waals surface area contributed by atoms with Crippen LogP contribution in [-0.2, 0) is 4.43 Å². The summed E-state index contributed by atoms with van der Waals surface area (Å²) in [7, 11) is 0.349. The van der Waals surface area contributed by atoms with Gasteiger partial charge in [-0.2, -0.15) is 0 Å². The Morgan fingerprint density at radius 3 is 2.27 bits per heavy atom. The Balaban J connectivity index is 3.76. The second kappa shape index (κ2) is 4.81. The van der Waals surface area contributed by atoms with Crippen molar-refractivity contribution in [3.8, 4) is 0 Å². The highest BCUT2D eigenvalue weighted by Gasteiger charge is 2.30. The summed E-state index contributed by atoms with van der Waals surface area (Å²) in [5, 5.41) is 26.0. The van der Waals surface area contributed by atoms with Gasteiger partial charge in [-0.1, -0.05) is 0 Å². The van der Waals surface area contributed by atoms with Crippen LogP contribution in [0.4, 0.5) is 0 Å². The van der Waals surface area contributed by atoms with Crippen molar-refractivity contribution in [3.05, 3.63) is 0 Å². The first-order valence-electron chi connectivity index (χ1n) is 3.42. The molecule has 11 heavy (non-hydrogen) atoms. The summed E-state index contributed by atoms with van der Waals surface area (Å²) < 4.78 is 4.75. The van der Waals surface area contributed by atoms with E-state index in [1.54, 1.807) is 0 Å². The Kier molecular flexibility index (Phi) is 4.81. The van der Waals surface area contributed by atoms with Crippen LogP contribution in [0.3, 0.4) is 0 Å². The van der Waals surface area contributed by atoms with Gasteiger partial charge in [0.05, 0.1) is 0 Å². The van der Waals surface area contributed by atoms with Gasteiger partial charge >= 0.3 is 5.97 Å². The van der Waals surface area contributed by atoms with Gasteiger partial charge in [-0.25, -0.2) is 0 Å². The van der Waals surface area contributed by atoms with Crippen molar-refractivity contribution in [2.45, 2.75) is 24.9 Å². The van der Waals surface area contributed by atoms with Crippen LogP contribution in [-0.4, -0.2) is 44.4 Å². The number of nitrogens with two attached hydrogens (primary N) is 1. The smallest absolute Gasteiger partial charge is 0.301 e. The van der Waals surface area contributed by atoms with Crippen molar-refractivity contribution < 1.29 is 19.7 Å². The minimum Gasteiger partial charge on any atom is -0.417 e. The first-order chi connectivity index (χ1) is 5.02. The van der Waals surface area contributed by atoms with Crippen molar-refractivity contribution in [3.63, 3.8) is 0 Å². The number of rotatable bonds is 5. The van der Waals surface area contributed by atoms with E-state index in [1.807, 2.05) is 0 Å². The van der Waals surface area contributed by atoms with Crippen LogP contribution in [0.2, 0.25) is 0 Å². The Morgan fingerprint density at radius 2 is 2.00 bits per heavy atom. The van der Waals surface area contributed by atoms with Crippen molar-refractivity contribution in [2.24, 2.45) is 5.73 Å². The summed E-state index contributed by atoms with van der Waals surface area (Å²) in [6.07, 6.45) is 0.0116. The van der Waals surface area contributed by atoms with Crippen molar-refractivity contribution in [1.82, 2.24) is 0 Å². The average molecular weight is 181 g/mol. The SMILES string of the molecule is NCCCC(O[SiH3])C(O)(O)O. The zero-order valence-corrected chi connectivity index (χ0v) is 8.53. The maximum Gasteiger partial charge on any atom is 0.301 e. The predicted molar refractivity (Wildman–Crippen MR) is 42.5 cm³/mol. The number of aliphatic hydroxyl groups is 3. The predicted octanol–water partition coefficient (Wildman–Crippen LogP) is -2.98. The van der Waals surface area contributed by atoms with Gasteiger partial charge in [0, 0.05) is 0 Å². The lowest BCUT2D eigenvalue weighted by Crippen LogP contribution is -2.43. The molecule has 68 valence electrons. The lowest BCUT2D eigenvalue weighted by atomic mass is 10.1. The van der Waals surface area contributed by atoms with Gasteiger partial charge in [0.1, 0.15) is 16.6 Å². The normalized spacial score (nSPS) is 15.3. The Morgan fingerprint density at radius 1 is 1.45 bits per heavy atom. The molecule has 0 spiro atoms. The third-order valence-electron chi connectivity index (χ3n) is 1.39. The largest absolute Gasteiger partial charge is 0.417 e. The van der Waals surface area contributed by atoms with Gasteiger partial charge in [0.15, 0.2) is 0 Å². The third-order valence-corrected chi connectivity index (χ3v) is 1.96. The van der Waals surface area contributed by atoms with Gasteiger partial charge in [-0.3, -0.25) is 0 Å². The molecule has 0 aliphatic carbocycles.